The molecule has 1 aromatic rings. The van der Waals surface area contributed by atoms with Gasteiger partial charge in [0.15, 0.2) is 0 Å². The molecule has 4 nitrogen and oxygen atoms in total. The molecule has 1 atom stereocenters. The molecule has 1 amide bonds. The van der Waals surface area contributed by atoms with E-state index in [1.807, 2.05) is 6.92 Å². The number of carbonyl (C=O) groups is 1. The van der Waals surface area contributed by atoms with Crippen molar-refractivity contribution in [2.75, 3.05) is 18.0 Å². The van der Waals surface area contributed by atoms with Crippen LogP contribution < -0.4 is 15.4 Å². The predicted molar refractivity (Wildman–Crippen MR) is 65.1 cm³/mol. The van der Waals surface area contributed by atoms with E-state index in [0.29, 0.717) is 18.0 Å². The average Bonchev–Trinajstić information content (AvgIpc) is 2.26. The van der Waals surface area contributed by atoms with Crippen LogP contribution in [0.4, 0.5) is 10.1 Å². The number of nitrogens with two attached hydrogens (primary N) is 1. The first kappa shape index (κ1) is 13.7. The molecule has 0 radical (unpaired) electrons. The SMILES string of the molecule is CC1CN(C(=O)CN)c2ccc(F)cc2O1.Cl. The van der Waals surface area contributed by atoms with Crippen molar-refractivity contribution in [1.82, 2.24) is 0 Å². The quantitative estimate of drug-likeness (QED) is 0.829. The molecule has 1 aromatic carbocycles. The number of carbonyl (C=O) groups excluding carboxylic acids is 1. The largest absolute Gasteiger partial charge is 0.487 e. The zero-order valence-corrected chi connectivity index (χ0v) is 10.2. The standard InChI is InChI=1S/C11H13FN2O2.ClH/c1-7-6-14(11(15)5-13)9-3-2-8(12)4-10(9)16-7;/h2-4,7H,5-6,13H2,1H3;1H. The summed E-state index contributed by atoms with van der Waals surface area (Å²) < 4.78 is 18.5. The van der Waals surface area contributed by atoms with Crippen molar-refractivity contribution < 1.29 is 13.9 Å². The Labute approximate surface area is 105 Å². The Morgan fingerprint density at radius 3 is 3.00 bits per heavy atom. The second-order valence-corrected chi connectivity index (χ2v) is 3.75. The Morgan fingerprint density at radius 1 is 1.65 bits per heavy atom. The van der Waals surface area contributed by atoms with Gasteiger partial charge in [-0.3, -0.25) is 4.79 Å². The fourth-order valence-electron chi connectivity index (χ4n) is 1.76. The Kier molecular flexibility index (Phi) is 4.31. The van der Waals surface area contributed by atoms with Crippen LogP contribution in [0.25, 0.3) is 0 Å². The summed E-state index contributed by atoms with van der Waals surface area (Å²) in [6.07, 6.45) is -0.162. The minimum Gasteiger partial charge on any atom is -0.487 e. The molecule has 0 bridgehead atoms. The number of fused-ring (bicyclic) bond motifs is 1. The highest BCUT2D eigenvalue weighted by Gasteiger charge is 2.26. The number of benzene rings is 1. The third-order valence-corrected chi connectivity index (χ3v) is 2.46. The average molecular weight is 261 g/mol. The number of anilines is 1. The van der Waals surface area contributed by atoms with Crippen molar-refractivity contribution in [1.29, 1.82) is 0 Å². The molecule has 0 aliphatic carbocycles. The minimum atomic E-state index is -0.381. The number of hydrogen-bond donors (Lipinski definition) is 1. The van der Waals surface area contributed by atoms with E-state index in [-0.39, 0.29) is 36.8 Å². The number of hydrogen-bond acceptors (Lipinski definition) is 3. The lowest BCUT2D eigenvalue weighted by Gasteiger charge is -2.33. The number of rotatable bonds is 1. The normalized spacial score (nSPS) is 17.8. The lowest BCUT2D eigenvalue weighted by molar-refractivity contribution is -0.117. The van der Waals surface area contributed by atoms with E-state index >= 15 is 0 Å². The fourth-order valence-corrected chi connectivity index (χ4v) is 1.76. The highest BCUT2D eigenvalue weighted by Crippen LogP contribution is 2.33. The highest BCUT2D eigenvalue weighted by atomic mass is 35.5. The van der Waals surface area contributed by atoms with Gasteiger partial charge in [-0.25, -0.2) is 4.39 Å². The van der Waals surface area contributed by atoms with Crippen LogP contribution in [0.15, 0.2) is 18.2 Å². The predicted octanol–water partition coefficient (Wildman–Crippen LogP) is 1.32. The summed E-state index contributed by atoms with van der Waals surface area (Å²) in [5.41, 5.74) is 5.91. The maximum Gasteiger partial charge on any atom is 0.240 e. The van der Waals surface area contributed by atoms with Crippen molar-refractivity contribution in [3.8, 4) is 5.75 Å². The van der Waals surface area contributed by atoms with Gasteiger partial charge in [-0.1, -0.05) is 0 Å². The molecule has 1 aliphatic heterocycles. The third kappa shape index (κ3) is 2.68. The van der Waals surface area contributed by atoms with Gasteiger partial charge in [0.05, 0.1) is 18.8 Å². The Morgan fingerprint density at radius 2 is 2.35 bits per heavy atom. The molecule has 1 aliphatic rings. The maximum atomic E-state index is 13.0. The summed E-state index contributed by atoms with van der Waals surface area (Å²) in [5.74, 6) is -0.184. The van der Waals surface area contributed by atoms with Crippen LogP contribution in [0.3, 0.4) is 0 Å². The van der Waals surface area contributed by atoms with E-state index in [1.54, 1.807) is 0 Å². The summed E-state index contributed by atoms with van der Waals surface area (Å²) in [6.45, 7) is 2.20. The van der Waals surface area contributed by atoms with Gasteiger partial charge in [0.25, 0.3) is 0 Å². The number of nitrogens with zero attached hydrogens (tertiary/aromatic N) is 1. The second kappa shape index (κ2) is 5.33. The minimum absolute atomic E-state index is 0. The lowest BCUT2D eigenvalue weighted by atomic mass is 10.2. The molecule has 1 heterocycles. The molecule has 94 valence electrons. The highest BCUT2D eigenvalue weighted by molar-refractivity contribution is 5.96. The van der Waals surface area contributed by atoms with Crippen LogP contribution in [0.1, 0.15) is 6.92 Å². The molecule has 0 fully saturated rings. The van der Waals surface area contributed by atoms with E-state index in [9.17, 15) is 9.18 Å². The van der Waals surface area contributed by atoms with E-state index in [2.05, 4.69) is 0 Å². The molecule has 0 saturated carbocycles. The molecule has 1 unspecified atom stereocenters. The van der Waals surface area contributed by atoms with Crippen LogP contribution in [-0.2, 0) is 4.79 Å². The maximum absolute atomic E-state index is 13.0. The number of amides is 1. The van der Waals surface area contributed by atoms with Crippen LogP contribution >= 0.6 is 12.4 Å². The molecule has 0 spiro atoms. The zero-order chi connectivity index (χ0) is 11.7. The van der Waals surface area contributed by atoms with E-state index in [0.717, 1.165) is 0 Å². The number of ether oxygens (including phenoxy) is 1. The summed E-state index contributed by atoms with van der Waals surface area (Å²) in [4.78, 5) is 13.1. The summed E-state index contributed by atoms with van der Waals surface area (Å²) >= 11 is 0. The molecule has 0 saturated heterocycles. The topological polar surface area (TPSA) is 55.6 Å². The van der Waals surface area contributed by atoms with Crippen molar-refractivity contribution >= 4 is 24.0 Å². The molecule has 0 aromatic heterocycles. The Balaban J connectivity index is 0.00000144. The molecular weight excluding hydrogens is 247 g/mol. The van der Waals surface area contributed by atoms with Crippen molar-refractivity contribution in [2.45, 2.75) is 13.0 Å². The Bertz CT molecular complexity index is 428. The van der Waals surface area contributed by atoms with Gasteiger partial charge in [0.2, 0.25) is 5.91 Å². The van der Waals surface area contributed by atoms with Crippen molar-refractivity contribution in [2.24, 2.45) is 5.73 Å². The first-order valence-electron chi connectivity index (χ1n) is 5.08. The van der Waals surface area contributed by atoms with Crippen LogP contribution in [0.2, 0.25) is 0 Å². The molecule has 2 N–H and O–H groups in total. The van der Waals surface area contributed by atoms with Crippen molar-refractivity contribution in [3.63, 3.8) is 0 Å². The van der Waals surface area contributed by atoms with Gasteiger partial charge < -0.3 is 15.4 Å². The van der Waals surface area contributed by atoms with E-state index in [1.165, 1.54) is 23.1 Å². The first-order chi connectivity index (χ1) is 7.61. The van der Waals surface area contributed by atoms with Crippen molar-refractivity contribution in [3.05, 3.63) is 24.0 Å². The van der Waals surface area contributed by atoms with Crippen LogP contribution in [0.5, 0.6) is 5.75 Å². The van der Waals surface area contributed by atoms with Gasteiger partial charge in [0.1, 0.15) is 17.7 Å². The lowest BCUT2D eigenvalue weighted by Crippen LogP contribution is -2.44. The summed E-state index contributed by atoms with van der Waals surface area (Å²) in [6, 6.07) is 4.11. The molecule has 2 rings (SSSR count). The van der Waals surface area contributed by atoms with Gasteiger partial charge in [-0.05, 0) is 19.1 Å². The summed E-state index contributed by atoms with van der Waals surface area (Å²) in [7, 11) is 0. The molecule has 17 heavy (non-hydrogen) atoms. The molecular formula is C11H14ClFN2O2. The van der Waals surface area contributed by atoms with Gasteiger partial charge >= 0.3 is 0 Å². The van der Waals surface area contributed by atoms with E-state index < -0.39 is 0 Å². The summed E-state index contributed by atoms with van der Waals surface area (Å²) in [5, 5.41) is 0. The number of halogens is 2. The fraction of sp³-hybridized carbons (Fsp3) is 0.364. The molecule has 6 heteroatoms. The smallest absolute Gasteiger partial charge is 0.240 e. The first-order valence-corrected chi connectivity index (χ1v) is 5.08. The third-order valence-electron chi connectivity index (χ3n) is 2.46. The van der Waals surface area contributed by atoms with Gasteiger partial charge in [-0.2, -0.15) is 0 Å². The zero-order valence-electron chi connectivity index (χ0n) is 9.35. The van der Waals surface area contributed by atoms with Crippen LogP contribution in [-0.4, -0.2) is 25.1 Å². The van der Waals surface area contributed by atoms with Gasteiger partial charge in [0, 0.05) is 6.07 Å². The monoisotopic (exact) mass is 260 g/mol. The van der Waals surface area contributed by atoms with Crippen LogP contribution in [0, 0.1) is 5.82 Å². The van der Waals surface area contributed by atoms with Gasteiger partial charge in [-0.15, -0.1) is 12.4 Å². The van der Waals surface area contributed by atoms with E-state index in [4.69, 9.17) is 10.5 Å². The second-order valence-electron chi connectivity index (χ2n) is 3.75. The Hall–Kier alpha value is -1.33.